The third kappa shape index (κ3) is 4.27. The van der Waals surface area contributed by atoms with Crippen LogP contribution in [0.3, 0.4) is 0 Å². The topological polar surface area (TPSA) is 46.5 Å². The molecule has 0 aromatic heterocycles. The summed E-state index contributed by atoms with van der Waals surface area (Å²) in [5, 5.41) is 9.18. The monoisotopic (exact) mass is 264 g/mol. The second-order valence-corrected chi connectivity index (χ2v) is 4.80. The lowest BCUT2D eigenvalue weighted by atomic mass is 9.91. The lowest BCUT2D eigenvalue weighted by Gasteiger charge is -2.17. The highest BCUT2D eigenvalue weighted by Crippen LogP contribution is 2.30. The summed E-state index contributed by atoms with van der Waals surface area (Å²) >= 11 is 0. The van der Waals surface area contributed by atoms with Crippen LogP contribution in [0.4, 0.5) is 0 Å². The van der Waals surface area contributed by atoms with E-state index in [0.717, 1.165) is 25.7 Å². The van der Waals surface area contributed by atoms with Gasteiger partial charge in [0.15, 0.2) is 0 Å². The van der Waals surface area contributed by atoms with Crippen LogP contribution in [0.15, 0.2) is 18.2 Å². The van der Waals surface area contributed by atoms with E-state index >= 15 is 0 Å². The fourth-order valence-electron chi connectivity index (χ4n) is 2.26. The predicted molar refractivity (Wildman–Crippen MR) is 77.1 cm³/mol. The van der Waals surface area contributed by atoms with Crippen molar-refractivity contribution in [3.63, 3.8) is 0 Å². The van der Waals surface area contributed by atoms with Crippen LogP contribution < -0.4 is 4.74 Å². The van der Waals surface area contributed by atoms with Gasteiger partial charge in [-0.1, -0.05) is 33.3 Å². The summed E-state index contributed by atoms with van der Waals surface area (Å²) in [7, 11) is 0. The number of benzene rings is 1. The molecule has 1 aromatic rings. The van der Waals surface area contributed by atoms with Crippen LogP contribution >= 0.6 is 0 Å². The van der Waals surface area contributed by atoms with Crippen LogP contribution in [0.2, 0.25) is 0 Å². The summed E-state index contributed by atoms with van der Waals surface area (Å²) < 4.78 is 5.58. The maximum atomic E-state index is 11.2. The quantitative estimate of drug-likeness (QED) is 0.753. The Morgan fingerprint density at radius 2 is 2.00 bits per heavy atom. The summed E-state index contributed by atoms with van der Waals surface area (Å²) in [6, 6.07) is 5.50. The second kappa shape index (κ2) is 7.82. The molecule has 19 heavy (non-hydrogen) atoms. The van der Waals surface area contributed by atoms with Crippen LogP contribution in [0.5, 0.6) is 5.75 Å². The molecule has 0 amide bonds. The van der Waals surface area contributed by atoms with Gasteiger partial charge in [0.25, 0.3) is 0 Å². The van der Waals surface area contributed by atoms with E-state index in [1.165, 1.54) is 5.56 Å². The Kier molecular flexibility index (Phi) is 6.40. The lowest BCUT2D eigenvalue weighted by molar-refractivity contribution is 0.0692. The van der Waals surface area contributed by atoms with Gasteiger partial charge in [-0.2, -0.15) is 0 Å². The molecule has 106 valence electrons. The average Bonchev–Trinajstić information content (AvgIpc) is 2.42. The Balaban J connectivity index is 3.05. The highest BCUT2D eigenvalue weighted by Gasteiger charge is 2.15. The van der Waals surface area contributed by atoms with Gasteiger partial charge < -0.3 is 9.84 Å². The number of carbonyl (C=O) groups is 1. The van der Waals surface area contributed by atoms with Gasteiger partial charge in [0.05, 0.1) is 6.61 Å². The van der Waals surface area contributed by atoms with E-state index in [-0.39, 0.29) is 5.56 Å². The van der Waals surface area contributed by atoms with Gasteiger partial charge >= 0.3 is 5.97 Å². The number of carboxylic acids is 1. The third-order valence-corrected chi connectivity index (χ3v) is 3.30. The summed E-state index contributed by atoms with van der Waals surface area (Å²) in [4.78, 5) is 11.2. The molecule has 0 saturated carbocycles. The molecule has 1 atom stereocenters. The van der Waals surface area contributed by atoms with Gasteiger partial charge in [-0.15, -0.1) is 0 Å². The molecular weight excluding hydrogens is 240 g/mol. The predicted octanol–water partition coefficient (Wildman–Crippen LogP) is 4.47. The molecule has 0 aliphatic rings. The number of hydrogen-bond donors (Lipinski definition) is 1. The molecule has 0 aliphatic heterocycles. The van der Waals surface area contributed by atoms with Crippen molar-refractivity contribution in [3.8, 4) is 5.75 Å². The van der Waals surface area contributed by atoms with Crippen LogP contribution in [-0.4, -0.2) is 17.7 Å². The largest absolute Gasteiger partial charge is 0.493 e. The fourth-order valence-corrected chi connectivity index (χ4v) is 2.26. The summed E-state index contributed by atoms with van der Waals surface area (Å²) in [6.45, 7) is 6.89. The Morgan fingerprint density at radius 3 is 2.53 bits per heavy atom. The minimum atomic E-state index is -0.929. The molecule has 1 unspecified atom stereocenters. The Morgan fingerprint density at radius 1 is 1.26 bits per heavy atom. The van der Waals surface area contributed by atoms with Crippen molar-refractivity contribution in [1.82, 2.24) is 0 Å². The number of rotatable bonds is 8. The number of aromatic carboxylic acids is 1. The normalized spacial score (nSPS) is 12.2. The highest BCUT2D eigenvalue weighted by molar-refractivity contribution is 5.91. The zero-order valence-corrected chi connectivity index (χ0v) is 12.1. The molecular formula is C16H24O3. The van der Waals surface area contributed by atoms with Crippen molar-refractivity contribution in [2.24, 2.45) is 0 Å². The van der Waals surface area contributed by atoms with Crippen LogP contribution in [0.25, 0.3) is 0 Å². The molecule has 3 heteroatoms. The fraction of sp³-hybridized carbons (Fsp3) is 0.562. The lowest BCUT2D eigenvalue weighted by Crippen LogP contribution is -2.06. The van der Waals surface area contributed by atoms with Gasteiger partial charge in [0, 0.05) is 0 Å². The maximum Gasteiger partial charge on any atom is 0.339 e. The Labute approximate surface area is 115 Å². The van der Waals surface area contributed by atoms with Crippen LogP contribution in [0.1, 0.15) is 68.3 Å². The van der Waals surface area contributed by atoms with Gasteiger partial charge in [-0.05, 0) is 42.9 Å². The van der Waals surface area contributed by atoms with E-state index in [1.807, 2.05) is 19.1 Å². The standard InChI is InChI=1S/C16H24O3/c1-4-7-12(6-3)13-8-9-14(16(17)18)15(11-13)19-10-5-2/h8-9,11-12H,4-7,10H2,1-3H3,(H,17,18). The van der Waals surface area contributed by atoms with E-state index in [1.54, 1.807) is 6.07 Å². The van der Waals surface area contributed by atoms with E-state index < -0.39 is 5.97 Å². The van der Waals surface area contributed by atoms with Crippen molar-refractivity contribution in [1.29, 1.82) is 0 Å². The maximum absolute atomic E-state index is 11.2. The van der Waals surface area contributed by atoms with Crippen molar-refractivity contribution in [2.75, 3.05) is 6.61 Å². The summed E-state index contributed by atoms with van der Waals surface area (Å²) in [5.41, 5.74) is 1.43. The van der Waals surface area contributed by atoms with Gasteiger partial charge in [-0.25, -0.2) is 4.79 Å². The molecule has 0 aliphatic carbocycles. The third-order valence-electron chi connectivity index (χ3n) is 3.30. The van der Waals surface area contributed by atoms with E-state index in [2.05, 4.69) is 13.8 Å². The zero-order valence-electron chi connectivity index (χ0n) is 12.1. The Hall–Kier alpha value is -1.51. The molecule has 0 heterocycles. The summed E-state index contributed by atoms with van der Waals surface area (Å²) in [6.07, 6.45) is 4.18. The molecule has 3 nitrogen and oxygen atoms in total. The first-order chi connectivity index (χ1) is 9.13. The molecule has 0 fully saturated rings. The molecule has 0 radical (unpaired) electrons. The van der Waals surface area contributed by atoms with Crippen molar-refractivity contribution < 1.29 is 14.6 Å². The first-order valence-corrected chi connectivity index (χ1v) is 7.14. The molecule has 0 spiro atoms. The van der Waals surface area contributed by atoms with E-state index in [9.17, 15) is 9.90 Å². The van der Waals surface area contributed by atoms with Gasteiger partial charge in [-0.3, -0.25) is 0 Å². The van der Waals surface area contributed by atoms with Gasteiger partial charge in [0.1, 0.15) is 11.3 Å². The SMILES string of the molecule is CCCOc1cc(C(CC)CCC)ccc1C(=O)O. The molecule has 1 rings (SSSR count). The minimum absolute atomic E-state index is 0.253. The number of hydrogen-bond acceptors (Lipinski definition) is 2. The minimum Gasteiger partial charge on any atom is -0.493 e. The molecule has 1 aromatic carbocycles. The van der Waals surface area contributed by atoms with Crippen LogP contribution in [0, 0.1) is 0 Å². The summed E-state index contributed by atoms with van der Waals surface area (Å²) in [5.74, 6) is 0.0550. The first kappa shape index (κ1) is 15.5. The van der Waals surface area contributed by atoms with Gasteiger partial charge in [0.2, 0.25) is 0 Å². The zero-order chi connectivity index (χ0) is 14.3. The second-order valence-electron chi connectivity index (χ2n) is 4.80. The van der Waals surface area contributed by atoms with E-state index in [4.69, 9.17) is 4.74 Å². The van der Waals surface area contributed by atoms with Crippen molar-refractivity contribution in [2.45, 2.75) is 52.4 Å². The number of ether oxygens (including phenoxy) is 1. The molecule has 1 N–H and O–H groups in total. The molecule has 0 bridgehead atoms. The van der Waals surface area contributed by atoms with Crippen molar-refractivity contribution >= 4 is 5.97 Å². The first-order valence-electron chi connectivity index (χ1n) is 7.14. The average molecular weight is 264 g/mol. The smallest absolute Gasteiger partial charge is 0.339 e. The van der Waals surface area contributed by atoms with Crippen molar-refractivity contribution in [3.05, 3.63) is 29.3 Å². The molecule has 0 saturated heterocycles. The number of carboxylic acid groups (broad SMARTS) is 1. The Bertz CT molecular complexity index is 412. The van der Waals surface area contributed by atoms with Crippen LogP contribution in [-0.2, 0) is 0 Å². The van der Waals surface area contributed by atoms with E-state index in [0.29, 0.717) is 18.3 Å². The highest BCUT2D eigenvalue weighted by atomic mass is 16.5.